The first-order chi connectivity index (χ1) is 32.0. The number of ether oxygens (including phenoxy) is 3. The third-order valence-electron chi connectivity index (χ3n) is 11.1. The van der Waals surface area contributed by atoms with Crippen molar-refractivity contribution in [2.24, 2.45) is 0 Å². The minimum absolute atomic E-state index is 0.0987. The Bertz CT molecular complexity index is 1310. The van der Waals surface area contributed by atoms with Crippen LogP contribution in [0.15, 0.2) is 97.2 Å². The van der Waals surface area contributed by atoms with Crippen molar-refractivity contribution in [3.8, 4) is 0 Å². The van der Waals surface area contributed by atoms with E-state index in [-0.39, 0.29) is 31.1 Å². The lowest BCUT2D eigenvalue weighted by atomic mass is 10.1. The lowest BCUT2D eigenvalue weighted by Crippen LogP contribution is -2.30. The van der Waals surface area contributed by atoms with Crippen molar-refractivity contribution in [1.29, 1.82) is 0 Å². The maximum atomic E-state index is 12.8. The lowest BCUT2D eigenvalue weighted by molar-refractivity contribution is -0.167. The highest BCUT2D eigenvalue weighted by atomic mass is 16.6. The smallest absolute Gasteiger partial charge is 0.306 e. The molecule has 0 fully saturated rings. The van der Waals surface area contributed by atoms with Gasteiger partial charge in [-0.1, -0.05) is 214 Å². The molecular formula is C59H98O6. The van der Waals surface area contributed by atoms with Crippen molar-refractivity contribution < 1.29 is 28.6 Å². The average molecular weight is 903 g/mol. The van der Waals surface area contributed by atoms with Gasteiger partial charge in [0, 0.05) is 19.3 Å². The summed E-state index contributed by atoms with van der Waals surface area (Å²) in [5.74, 6) is -0.955. The fourth-order valence-corrected chi connectivity index (χ4v) is 7.10. The first-order valence-corrected chi connectivity index (χ1v) is 26.8. The van der Waals surface area contributed by atoms with Gasteiger partial charge in [0.1, 0.15) is 13.2 Å². The van der Waals surface area contributed by atoms with Gasteiger partial charge in [0.05, 0.1) is 0 Å². The summed E-state index contributed by atoms with van der Waals surface area (Å²) < 4.78 is 16.8. The van der Waals surface area contributed by atoms with Crippen LogP contribution < -0.4 is 0 Å². The van der Waals surface area contributed by atoms with Crippen LogP contribution in [-0.4, -0.2) is 37.2 Å². The zero-order valence-corrected chi connectivity index (χ0v) is 42.2. The van der Waals surface area contributed by atoms with Crippen molar-refractivity contribution in [1.82, 2.24) is 0 Å². The molecule has 0 spiro atoms. The summed E-state index contributed by atoms with van der Waals surface area (Å²) in [6.45, 7) is 6.40. The fourth-order valence-electron chi connectivity index (χ4n) is 7.10. The number of allylic oxidation sites excluding steroid dienone is 16. The van der Waals surface area contributed by atoms with E-state index >= 15 is 0 Å². The lowest BCUT2D eigenvalue weighted by Gasteiger charge is -2.18. The molecular weight excluding hydrogens is 805 g/mol. The number of carbonyl (C=O) groups is 3. The molecule has 0 aliphatic rings. The molecule has 0 radical (unpaired) electrons. The van der Waals surface area contributed by atoms with Crippen LogP contribution in [0, 0.1) is 0 Å². The molecule has 0 rings (SSSR count). The van der Waals surface area contributed by atoms with Crippen molar-refractivity contribution in [2.75, 3.05) is 13.2 Å². The fraction of sp³-hybridized carbons (Fsp3) is 0.678. The monoisotopic (exact) mass is 903 g/mol. The van der Waals surface area contributed by atoms with Gasteiger partial charge in [-0.3, -0.25) is 14.4 Å². The molecule has 0 heterocycles. The highest BCUT2D eigenvalue weighted by Gasteiger charge is 2.19. The first kappa shape index (κ1) is 61.3. The van der Waals surface area contributed by atoms with E-state index in [4.69, 9.17) is 14.2 Å². The largest absolute Gasteiger partial charge is 0.462 e. The van der Waals surface area contributed by atoms with E-state index in [0.717, 1.165) is 96.3 Å². The van der Waals surface area contributed by atoms with E-state index in [0.29, 0.717) is 19.3 Å². The predicted octanol–water partition coefficient (Wildman–Crippen LogP) is 17.8. The summed E-state index contributed by atoms with van der Waals surface area (Å²) in [6.07, 6.45) is 69.6. The van der Waals surface area contributed by atoms with E-state index < -0.39 is 6.10 Å². The third-order valence-corrected chi connectivity index (χ3v) is 11.1. The molecule has 65 heavy (non-hydrogen) atoms. The van der Waals surface area contributed by atoms with Crippen molar-refractivity contribution >= 4 is 17.9 Å². The highest BCUT2D eigenvalue weighted by Crippen LogP contribution is 2.14. The van der Waals surface area contributed by atoms with Crippen molar-refractivity contribution in [2.45, 2.75) is 245 Å². The Morgan fingerprint density at radius 1 is 0.338 bits per heavy atom. The minimum atomic E-state index is -0.802. The van der Waals surface area contributed by atoms with Crippen molar-refractivity contribution in [3.05, 3.63) is 97.2 Å². The Kier molecular flexibility index (Phi) is 50.0. The molecule has 0 aliphatic heterocycles. The van der Waals surface area contributed by atoms with Crippen LogP contribution in [0.4, 0.5) is 0 Å². The molecule has 0 aromatic carbocycles. The molecule has 0 aliphatic carbocycles. The Hall–Kier alpha value is -3.67. The molecule has 0 aromatic heterocycles. The maximum Gasteiger partial charge on any atom is 0.306 e. The summed E-state index contributed by atoms with van der Waals surface area (Å²) in [4.78, 5) is 38.0. The van der Waals surface area contributed by atoms with Gasteiger partial charge in [-0.25, -0.2) is 0 Å². The van der Waals surface area contributed by atoms with Gasteiger partial charge in [0.2, 0.25) is 0 Å². The Morgan fingerprint density at radius 2 is 0.662 bits per heavy atom. The molecule has 0 saturated heterocycles. The molecule has 1 unspecified atom stereocenters. The van der Waals surface area contributed by atoms with E-state index in [9.17, 15) is 14.4 Å². The number of esters is 3. The van der Waals surface area contributed by atoms with Crippen molar-refractivity contribution in [3.63, 3.8) is 0 Å². The average Bonchev–Trinajstić information content (AvgIpc) is 3.30. The normalized spacial score (nSPS) is 12.8. The molecule has 0 bridgehead atoms. The molecule has 0 N–H and O–H groups in total. The first-order valence-electron chi connectivity index (χ1n) is 26.8. The van der Waals surface area contributed by atoms with E-state index in [1.54, 1.807) is 0 Å². The van der Waals surface area contributed by atoms with Gasteiger partial charge < -0.3 is 14.2 Å². The van der Waals surface area contributed by atoms with Crippen LogP contribution in [0.2, 0.25) is 0 Å². The number of hydrogen-bond acceptors (Lipinski definition) is 6. The predicted molar refractivity (Wildman–Crippen MR) is 279 cm³/mol. The number of carbonyl (C=O) groups excluding carboxylic acids is 3. The second-order valence-corrected chi connectivity index (χ2v) is 17.5. The van der Waals surface area contributed by atoms with Gasteiger partial charge in [-0.05, 0) is 103 Å². The summed E-state index contributed by atoms with van der Waals surface area (Å²) in [5.41, 5.74) is 0. The quantitative estimate of drug-likeness (QED) is 0.0199. The van der Waals surface area contributed by atoms with Crippen LogP contribution in [0.1, 0.15) is 239 Å². The van der Waals surface area contributed by atoms with Gasteiger partial charge in [0.15, 0.2) is 6.10 Å². The molecule has 0 amide bonds. The summed E-state index contributed by atoms with van der Waals surface area (Å²) >= 11 is 0. The Morgan fingerprint density at radius 3 is 1.08 bits per heavy atom. The van der Waals surface area contributed by atoms with E-state index in [2.05, 4.69) is 81.5 Å². The number of hydrogen-bond donors (Lipinski definition) is 0. The van der Waals surface area contributed by atoms with Crippen LogP contribution in [0.3, 0.4) is 0 Å². The number of unbranched alkanes of at least 4 members (excludes halogenated alkanes) is 23. The Labute approximate surface area is 400 Å². The van der Waals surface area contributed by atoms with Crippen LogP contribution in [0.25, 0.3) is 0 Å². The van der Waals surface area contributed by atoms with Crippen LogP contribution >= 0.6 is 0 Å². The van der Waals surface area contributed by atoms with Gasteiger partial charge in [0.25, 0.3) is 0 Å². The zero-order valence-electron chi connectivity index (χ0n) is 42.2. The zero-order chi connectivity index (χ0) is 47.2. The Balaban J connectivity index is 4.46. The topological polar surface area (TPSA) is 78.9 Å². The van der Waals surface area contributed by atoms with Crippen LogP contribution in [0.5, 0.6) is 0 Å². The standard InChI is InChI=1S/C59H98O6/c1-4-7-10-13-16-19-22-25-27-29-31-34-37-40-43-46-49-52-58(61)64-55-56(54-63-57(60)51-48-45-42-39-36-33-24-21-18-15-12-9-6-3)65-59(62)53-50-47-44-41-38-35-32-30-28-26-23-20-17-14-11-8-5-2/h9,12,15-21,24-28,33,36,56H,4-8,10-11,13-14,22-23,29-32,34-35,37-55H2,1-3H3/b12-9+,18-15+,19-16+,20-17+,24-21+,27-25+,28-26+,36-33+. The third kappa shape index (κ3) is 51.2. The molecule has 370 valence electrons. The maximum absolute atomic E-state index is 12.8. The van der Waals surface area contributed by atoms with E-state index in [1.165, 1.54) is 103 Å². The highest BCUT2D eigenvalue weighted by molar-refractivity contribution is 5.71. The van der Waals surface area contributed by atoms with E-state index in [1.807, 2.05) is 36.5 Å². The van der Waals surface area contributed by atoms with Gasteiger partial charge in [-0.2, -0.15) is 0 Å². The van der Waals surface area contributed by atoms with Crippen LogP contribution in [-0.2, 0) is 28.6 Å². The molecule has 6 nitrogen and oxygen atoms in total. The molecule has 0 aromatic rings. The molecule has 0 saturated carbocycles. The SMILES string of the molecule is CC/C=C/C=C/C=C/C=C/CCCCCC(=O)OCC(COC(=O)CCCCCCCCC/C=C/C/C=C/CCCCC)OC(=O)CCCCCCCCC/C=C/C/C=C/CCCCC. The molecule has 6 heteroatoms. The minimum Gasteiger partial charge on any atom is -0.462 e. The second-order valence-electron chi connectivity index (χ2n) is 17.5. The second kappa shape index (κ2) is 52.9. The summed E-state index contributed by atoms with van der Waals surface area (Å²) in [6, 6.07) is 0. The molecule has 1 atom stereocenters. The summed E-state index contributed by atoms with van der Waals surface area (Å²) in [7, 11) is 0. The van der Waals surface area contributed by atoms with Gasteiger partial charge >= 0.3 is 17.9 Å². The summed E-state index contributed by atoms with van der Waals surface area (Å²) in [5, 5.41) is 0. The van der Waals surface area contributed by atoms with Gasteiger partial charge in [-0.15, -0.1) is 0 Å². The number of rotatable bonds is 47.